The summed E-state index contributed by atoms with van der Waals surface area (Å²) in [5.74, 6) is 1.29. The molecule has 0 aliphatic carbocycles. The lowest BCUT2D eigenvalue weighted by Gasteiger charge is -2.32. The molecule has 0 saturated heterocycles. The van der Waals surface area contributed by atoms with Crippen molar-refractivity contribution >= 4 is 0 Å². The quantitative estimate of drug-likeness (QED) is 0.403. The fourth-order valence-electron chi connectivity index (χ4n) is 3.68. The van der Waals surface area contributed by atoms with Gasteiger partial charge in [0.25, 0.3) is 0 Å². The largest absolute Gasteiger partial charge is 0.502 e. The lowest BCUT2D eigenvalue weighted by atomic mass is 9.77. The van der Waals surface area contributed by atoms with Crippen molar-refractivity contribution in [3.8, 4) is 34.5 Å². The highest BCUT2D eigenvalue weighted by Crippen LogP contribution is 2.48. The molecule has 0 atom stereocenters. The van der Waals surface area contributed by atoms with Crippen LogP contribution in [0.3, 0.4) is 0 Å². The molecule has 0 bridgehead atoms. The zero-order chi connectivity index (χ0) is 28.8. The van der Waals surface area contributed by atoms with Crippen LogP contribution in [0, 0.1) is 0 Å². The summed E-state index contributed by atoms with van der Waals surface area (Å²) in [6.45, 7) is 27.3. The van der Waals surface area contributed by atoms with Gasteiger partial charge < -0.3 is 29.2 Å². The van der Waals surface area contributed by atoms with Crippen molar-refractivity contribution in [3.05, 3.63) is 35.4 Å². The molecule has 0 radical (unpaired) electrons. The van der Waals surface area contributed by atoms with Gasteiger partial charge in [0.2, 0.25) is 11.5 Å². The summed E-state index contributed by atoms with van der Waals surface area (Å²) in [5.41, 5.74) is -1.01. The standard InChI is InChI=1S/C31H48O6/c1-27(2,3)34-21-15-19(16-22(25(21)32)35-28(4,5)6)31(13,14)20-17-23(36-29(7,8)9)26(33)24(18-20)37-30(10,11)12/h15-18,32-33H,1-14H3. The van der Waals surface area contributed by atoms with Gasteiger partial charge in [-0.15, -0.1) is 0 Å². The first kappa shape index (κ1) is 30.5. The Bertz CT molecular complexity index is 941. The summed E-state index contributed by atoms with van der Waals surface area (Å²) >= 11 is 0. The monoisotopic (exact) mass is 516 g/mol. The van der Waals surface area contributed by atoms with Crippen LogP contribution in [0.5, 0.6) is 34.5 Å². The Labute approximate surface area is 223 Å². The van der Waals surface area contributed by atoms with Crippen LogP contribution in [0.1, 0.15) is 108 Å². The fourth-order valence-corrected chi connectivity index (χ4v) is 3.68. The smallest absolute Gasteiger partial charge is 0.200 e. The number of ether oxygens (including phenoxy) is 4. The molecule has 0 aromatic heterocycles. The molecule has 208 valence electrons. The highest BCUT2D eigenvalue weighted by atomic mass is 16.5. The first-order chi connectivity index (χ1) is 16.4. The molecule has 2 aromatic carbocycles. The average Bonchev–Trinajstić information content (AvgIpc) is 2.63. The fraction of sp³-hybridized carbons (Fsp3) is 0.613. The second-order valence-electron chi connectivity index (χ2n) is 14.1. The van der Waals surface area contributed by atoms with Gasteiger partial charge >= 0.3 is 0 Å². The maximum Gasteiger partial charge on any atom is 0.200 e. The molecule has 0 aliphatic heterocycles. The summed E-state index contributed by atoms with van der Waals surface area (Å²) in [4.78, 5) is 0. The van der Waals surface area contributed by atoms with Crippen molar-refractivity contribution in [1.82, 2.24) is 0 Å². The van der Waals surface area contributed by atoms with E-state index in [4.69, 9.17) is 18.9 Å². The molecule has 0 aliphatic rings. The number of benzene rings is 2. The van der Waals surface area contributed by atoms with Crippen LogP contribution in [-0.4, -0.2) is 32.6 Å². The molecule has 2 N–H and O–H groups in total. The Balaban J connectivity index is 2.80. The van der Waals surface area contributed by atoms with Crippen LogP contribution in [-0.2, 0) is 5.41 Å². The summed E-state index contributed by atoms with van der Waals surface area (Å²) in [6.07, 6.45) is 0. The van der Waals surface area contributed by atoms with Gasteiger partial charge in [0.15, 0.2) is 23.0 Å². The SMILES string of the molecule is CC(C)(C)Oc1cc(C(C)(C)c2cc(OC(C)(C)C)c(O)c(OC(C)(C)C)c2)cc(OC(C)(C)C)c1O. The van der Waals surface area contributed by atoms with Gasteiger partial charge in [-0.25, -0.2) is 0 Å². The summed E-state index contributed by atoms with van der Waals surface area (Å²) in [7, 11) is 0. The van der Waals surface area contributed by atoms with E-state index in [-0.39, 0.29) is 11.5 Å². The molecule has 0 fully saturated rings. The molecule has 6 nitrogen and oxygen atoms in total. The molecule has 0 heterocycles. The van der Waals surface area contributed by atoms with Crippen molar-refractivity contribution in [2.75, 3.05) is 0 Å². The van der Waals surface area contributed by atoms with Crippen molar-refractivity contribution in [1.29, 1.82) is 0 Å². The van der Waals surface area contributed by atoms with Crippen LogP contribution in [0.4, 0.5) is 0 Å². The second kappa shape index (κ2) is 9.85. The number of phenolic OH excluding ortho intramolecular Hbond substituents is 2. The Hall–Kier alpha value is -2.76. The Kier molecular flexibility index (Phi) is 8.11. The van der Waals surface area contributed by atoms with E-state index in [1.165, 1.54) is 0 Å². The maximum absolute atomic E-state index is 11.0. The van der Waals surface area contributed by atoms with Gasteiger partial charge in [0, 0.05) is 5.41 Å². The van der Waals surface area contributed by atoms with Gasteiger partial charge in [-0.1, -0.05) is 13.8 Å². The minimum atomic E-state index is -0.612. The van der Waals surface area contributed by atoms with Crippen molar-refractivity contribution < 1.29 is 29.2 Å². The van der Waals surface area contributed by atoms with Crippen LogP contribution in [0.15, 0.2) is 24.3 Å². The molecular weight excluding hydrogens is 468 g/mol. The van der Waals surface area contributed by atoms with E-state index in [1.54, 1.807) is 0 Å². The van der Waals surface area contributed by atoms with E-state index in [0.29, 0.717) is 23.0 Å². The molecule has 0 unspecified atom stereocenters. The van der Waals surface area contributed by atoms with Gasteiger partial charge in [0.05, 0.1) is 0 Å². The van der Waals surface area contributed by atoms with Gasteiger partial charge in [0.1, 0.15) is 22.4 Å². The molecule has 37 heavy (non-hydrogen) atoms. The molecule has 6 heteroatoms. The lowest BCUT2D eigenvalue weighted by molar-refractivity contribution is 0.111. The first-order valence-corrected chi connectivity index (χ1v) is 12.9. The first-order valence-electron chi connectivity index (χ1n) is 12.9. The normalized spacial score (nSPS) is 13.4. The highest BCUT2D eigenvalue weighted by molar-refractivity contribution is 5.59. The van der Waals surface area contributed by atoms with E-state index < -0.39 is 27.8 Å². The van der Waals surface area contributed by atoms with E-state index in [0.717, 1.165) is 11.1 Å². The number of phenols is 2. The van der Waals surface area contributed by atoms with Crippen molar-refractivity contribution in [2.24, 2.45) is 0 Å². The number of rotatable bonds is 6. The van der Waals surface area contributed by atoms with E-state index in [1.807, 2.05) is 107 Å². The third kappa shape index (κ3) is 8.65. The van der Waals surface area contributed by atoms with Crippen molar-refractivity contribution in [2.45, 2.75) is 125 Å². The minimum Gasteiger partial charge on any atom is -0.502 e. The van der Waals surface area contributed by atoms with E-state index >= 15 is 0 Å². The topological polar surface area (TPSA) is 77.4 Å². The Morgan fingerprint density at radius 2 is 0.595 bits per heavy atom. The average molecular weight is 517 g/mol. The number of hydrogen-bond acceptors (Lipinski definition) is 6. The molecule has 2 aromatic rings. The van der Waals surface area contributed by atoms with Crippen LogP contribution >= 0.6 is 0 Å². The van der Waals surface area contributed by atoms with Crippen molar-refractivity contribution in [3.63, 3.8) is 0 Å². The van der Waals surface area contributed by atoms with Crippen LogP contribution < -0.4 is 18.9 Å². The molecular formula is C31H48O6. The summed E-state index contributed by atoms with van der Waals surface area (Å²) < 4.78 is 24.6. The molecule has 0 saturated carbocycles. The van der Waals surface area contributed by atoms with Crippen LogP contribution in [0.2, 0.25) is 0 Å². The lowest BCUT2D eigenvalue weighted by Crippen LogP contribution is -2.27. The third-order valence-electron chi connectivity index (χ3n) is 5.19. The number of hydrogen-bond donors (Lipinski definition) is 2. The van der Waals surface area contributed by atoms with Gasteiger partial charge in [-0.3, -0.25) is 0 Å². The zero-order valence-electron chi connectivity index (χ0n) is 25.3. The summed E-state index contributed by atoms with van der Waals surface area (Å²) in [5, 5.41) is 22.1. The minimum absolute atomic E-state index is 0.0383. The molecule has 2 rings (SSSR count). The predicted octanol–water partition coefficient (Wildman–Crippen LogP) is 8.13. The third-order valence-corrected chi connectivity index (χ3v) is 5.19. The van der Waals surface area contributed by atoms with Crippen LogP contribution in [0.25, 0.3) is 0 Å². The molecule has 0 amide bonds. The highest BCUT2D eigenvalue weighted by Gasteiger charge is 2.32. The number of aromatic hydroxyl groups is 2. The Morgan fingerprint density at radius 3 is 0.757 bits per heavy atom. The Morgan fingerprint density at radius 1 is 0.405 bits per heavy atom. The van der Waals surface area contributed by atoms with Gasteiger partial charge in [-0.05, 0) is 118 Å². The molecule has 0 spiro atoms. The van der Waals surface area contributed by atoms with E-state index in [9.17, 15) is 10.2 Å². The zero-order valence-corrected chi connectivity index (χ0v) is 25.3. The predicted molar refractivity (Wildman–Crippen MR) is 150 cm³/mol. The second-order valence-corrected chi connectivity index (χ2v) is 14.1. The van der Waals surface area contributed by atoms with Gasteiger partial charge in [-0.2, -0.15) is 0 Å². The maximum atomic E-state index is 11.0. The summed E-state index contributed by atoms with van der Waals surface area (Å²) in [6, 6.07) is 7.38. The van der Waals surface area contributed by atoms with E-state index in [2.05, 4.69) is 13.8 Å².